The lowest BCUT2D eigenvalue weighted by molar-refractivity contribution is 0.0826. The summed E-state index contributed by atoms with van der Waals surface area (Å²) in [4.78, 5) is 7.97. The van der Waals surface area contributed by atoms with Crippen LogP contribution < -0.4 is 0 Å². The molecule has 1 aliphatic heterocycles. The van der Waals surface area contributed by atoms with Crippen molar-refractivity contribution in [3.05, 3.63) is 12.7 Å². The molecule has 0 aromatic rings. The molecule has 0 radical (unpaired) electrons. The van der Waals surface area contributed by atoms with Gasteiger partial charge in [-0.15, -0.1) is 0 Å². The van der Waals surface area contributed by atoms with E-state index in [1.165, 1.54) is 0 Å². The Hall–Kier alpha value is -0.380. The fourth-order valence-corrected chi connectivity index (χ4v) is 0.111. The van der Waals surface area contributed by atoms with Crippen molar-refractivity contribution in [2.45, 2.75) is 5.97 Å². The van der Waals surface area contributed by atoms with Crippen LogP contribution in [0.4, 0.5) is 0 Å². The SMILES string of the molecule is C=CC1(O)OO1. The predicted octanol–water partition coefficient (Wildman–Crippen LogP) is -0.220. The largest absolute Gasteiger partial charge is 0.357 e. The van der Waals surface area contributed by atoms with Crippen LogP contribution in [0.2, 0.25) is 0 Å². The van der Waals surface area contributed by atoms with Crippen LogP contribution in [0.1, 0.15) is 0 Å². The summed E-state index contributed by atoms with van der Waals surface area (Å²) >= 11 is 0. The van der Waals surface area contributed by atoms with Gasteiger partial charge in [-0.05, 0) is 0 Å². The second-order valence-electron chi connectivity index (χ2n) is 1.00. The maximum absolute atomic E-state index is 8.38. The maximum atomic E-state index is 8.38. The summed E-state index contributed by atoms with van der Waals surface area (Å²) in [6.45, 7) is 3.19. The number of aliphatic hydroxyl groups is 1. The van der Waals surface area contributed by atoms with E-state index in [1.54, 1.807) is 0 Å². The molecule has 1 rings (SSSR count). The average molecular weight is 88.1 g/mol. The van der Waals surface area contributed by atoms with Gasteiger partial charge in [0.2, 0.25) is 0 Å². The molecule has 34 valence electrons. The Balaban J connectivity index is 2.47. The number of hydrogen-bond acceptors (Lipinski definition) is 3. The number of rotatable bonds is 1. The Bertz CT molecular complexity index is 74.1. The highest BCUT2D eigenvalue weighted by Gasteiger charge is 2.43. The third-order valence-electron chi connectivity index (χ3n) is 0.512. The van der Waals surface area contributed by atoms with Gasteiger partial charge in [-0.2, -0.15) is 9.78 Å². The molecular weight excluding hydrogens is 84.0 g/mol. The molecule has 1 N–H and O–H groups in total. The molecule has 6 heavy (non-hydrogen) atoms. The van der Waals surface area contributed by atoms with E-state index < -0.39 is 5.97 Å². The lowest BCUT2D eigenvalue weighted by Crippen LogP contribution is -1.99. The molecule has 0 bridgehead atoms. The molecule has 0 aromatic heterocycles. The van der Waals surface area contributed by atoms with E-state index in [-0.39, 0.29) is 0 Å². The zero-order valence-corrected chi connectivity index (χ0v) is 3.05. The van der Waals surface area contributed by atoms with Crippen molar-refractivity contribution in [2.24, 2.45) is 0 Å². The van der Waals surface area contributed by atoms with Crippen molar-refractivity contribution >= 4 is 0 Å². The summed E-state index contributed by atoms with van der Waals surface area (Å²) in [5.74, 6) is -1.44. The molecule has 0 unspecified atom stereocenters. The standard InChI is InChI=1S/C3H4O3/c1-2-3(4)5-6-3/h2,4H,1H2. The van der Waals surface area contributed by atoms with Crippen LogP contribution in [0.25, 0.3) is 0 Å². The van der Waals surface area contributed by atoms with E-state index in [0.717, 1.165) is 6.08 Å². The van der Waals surface area contributed by atoms with Crippen LogP contribution in [-0.2, 0) is 9.78 Å². The van der Waals surface area contributed by atoms with E-state index in [2.05, 4.69) is 16.4 Å². The van der Waals surface area contributed by atoms with Crippen LogP contribution in [0.3, 0.4) is 0 Å². The highest BCUT2D eigenvalue weighted by molar-refractivity contribution is 4.81. The summed E-state index contributed by atoms with van der Waals surface area (Å²) in [5.41, 5.74) is 0. The van der Waals surface area contributed by atoms with Crippen molar-refractivity contribution in [2.75, 3.05) is 0 Å². The minimum Gasteiger partial charge on any atom is -0.336 e. The van der Waals surface area contributed by atoms with Crippen molar-refractivity contribution in [1.82, 2.24) is 0 Å². The molecule has 1 fully saturated rings. The van der Waals surface area contributed by atoms with Crippen LogP contribution in [0, 0.1) is 0 Å². The van der Waals surface area contributed by atoms with E-state index in [1.807, 2.05) is 0 Å². The van der Waals surface area contributed by atoms with E-state index >= 15 is 0 Å². The Morgan fingerprint density at radius 1 is 1.67 bits per heavy atom. The smallest absolute Gasteiger partial charge is 0.336 e. The zero-order valence-electron chi connectivity index (χ0n) is 3.05. The number of hydrogen-bond donors (Lipinski definition) is 1. The van der Waals surface area contributed by atoms with Crippen molar-refractivity contribution < 1.29 is 14.9 Å². The second-order valence-corrected chi connectivity index (χ2v) is 1.00. The first kappa shape index (κ1) is 3.80. The van der Waals surface area contributed by atoms with Crippen molar-refractivity contribution in [3.8, 4) is 0 Å². The molecular formula is C3H4O3. The highest BCUT2D eigenvalue weighted by atomic mass is 17.4. The monoisotopic (exact) mass is 88.0 g/mol. The van der Waals surface area contributed by atoms with Crippen LogP contribution in [0.5, 0.6) is 0 Å². The molecule has 0 aromatic carbocycles. The van der Waals surface area contributed by atoms with Gasteiger partial charge in [0.15, 0.2) is 0 Å². The highest BCUT2D eigenvalue weighted by Crippen LogP contribution is 2.25. The minimum atomic E-state index is -1.44. The average Bonchev–Trinajstić information content (AvgIpc) is 2.22. The molecule has 3 nitrogen and oxygen atoms in total. The van der Waals surface area contributed by atoms with Crippen LogP contribution in [0.15, 0.2) is 12.7 Å². The Kier molecular flexibility index (Phi) is 0.516. The van der Waals surface area contributed by atoms with Crippen molar-refractivity contribution in [1.29, 1.82) is 0 Å². The lowest BCUT2D eigenvalue weighted by atomic mass is 10.6. The van der Waals surface area contributed by atoms with Gasteiger partial charge in [0, 0.05) is 6.08 Å². The first-order valence-corrected chi connectivity index (χ1v) is 1.50. The summed E-state index contributed by atoms with van der Waals surface area (Å²) < 4.78 is 0. The first-order chi connectivity index (χ1) is 2.77. The van der Waals surface area contributed by atoms with Crippen LogP contribution >= 0.6 is 0 Å². The van der Waals surface area contributed by atoms with Crippen LogP contribution in [-0.4, -0.2) is 11.1 Å². The molecule has 0 saturated carbocycles. The molecule has 1 saturated heterocycles. The van der Waals surface area contributed by atoms with Gasteiger partial charge in [0.05, 0.1) is 0 Å². The predicted molar refractivity (Wildman–Crippen MR) is 17.3 cm³/mol. The third kappa shape index (κ3) is 0.428. The molecule has 0 aliphatic carbocycles. The van der Waals surface area contributed by atoms with Gasteiger partial charge < -0.3 is 5.11 Å². The van der Waals surface area contributed by atoms with Gasteiger partial charge in [-0.1, -0.05) is 6.58 Å². The molecule has 0 atom stereocenters. The van der Waals surface area contributed by atoms with Gasteiger partial charge >= 0.3 is 5.97 Å². The third-order valence-corrected chi connectivity index (χ3v) is 0.512. The minimum absolute atomic E-state index is 1.16. The molecule has 1 aliphatic rings. The summed E-state index contributed by atoms with van der Waals surface area (Å²) in [6.07, 6.45) is 1.16. The fraction of sp³-hybridized carbons (Fsp3) is 0.333. The normalized spacial score (nSPS) is 26.2. The van der Waals surface area contributed by atoms with Gasteiger partial charge in [0.25, 0.3) is 0 Å². The first-order valence-electron chi connectivity index (χ1n) is 1.50. The molecule has 3 heteroatoms. The van der Waals surface area contributed by atoms with Gasteiger partial charge in [0.1, 0.15) is 0 Å². The van der Waals surface area contributed by atoms with E-state index in [4.69, 9.17) is 5.11 Å². The lowest BCUT2D eigenvalue weighted by Gasteiger charge is -1.78. The zero-order chi connectivity index (χ0) is 4.62. The maximum Gasteiger partial charge on any atom is 0.357 e. The van der Waals surface area contributed by atoms with Gasteiger partial charge in [-0.3, -0.25) is 0 Å². The second kappa shape index (κ2) is 0.815. The summed E-state index contributed by atoms with van der Waals surface area (Å²) in [6, 6.07) is 0. The fourth-order valence-electron chi connectivity index (χ4n) is 0.111. The molecule has 0 spiro atoms. The van der Waals surface area contributed by atoms with E-state index in [0.29, 0.717) is 0 Å². The Labute approximate surface area is 34.7 Å². The summed E-state index contributed by atoms with van der Waals surface area (Å²) in [7, 11) is 0. The van der Waals surface area contributed by atoms with Crippen molar-refractivity contribution in [3.63, 3.8) is 0 Å². The summed E-state index contributed by atoms with van der Waals surface area (Å²) in [5, 5.41) is 8.38. The topological polar surface area (TPSA) is 45.3 Å². The van der Waals surface area contributed by atoms with Gasteiger partial charge in [-0.25, -0.2) is 0 Å². The quantitative estimate of drug-likeness (QED) is 0.274. The Morgan fingerprint density at radius 3 is 2.17 bits per heavy atom. The Morgan fingerprint density at radius 2 is 2.17 bits per heavy atom. The van der Waals surface area contributed by atoms with E-state index in [9.17, 15) is 0 Å². The molecule has 1 heterocycles. The molecule has 0 amide bonds.